The van der Waals surface area contributed by atoms with Gasteiger partial charge in [-0.2, -0.15) is 0 Å². The number of rotatable bonds is 1. The molecule has 0 aliphatic carbocycles. The fourth-order valence-corrected chi connectivity index (χ4v) is 1.62. The number of nitrogens with zero attached hydrogens (tertiary/aromatic N) is 1. The summed E-state index contributed by atoms with van der Waals surface area (Å²) < 4.78 is 2.13. The first-order valence-electron chi connectivity index (χ1n) is 4.18. The Balaban J connectivity index is 2.49. The molecule has 0 spiro atoms. The summed E-state index contributed by atoms with van der Waals surface area (Å²) in [5.74, 6) is 0.0596. The molecule has 2 rings (SSSR count). The van der Waals surface area contributed by atoms with Gasteiger partial charge in [0.2, 0.25) is 0 Å². The van der Waals surface area contributed by atoms with Crippen LogP contribution in [0.25, 0.3) is 0 Å². The van der Waals surface area contributed by atoms with E-state index in [1.54, 1.807) is 0 Å². The fourth-order valence-electron chi connectivity index (χ4n) is 1.62. The second kappa shape index (κ2) is 2.37. The molecule has 64 valence electrons. The summed E-state index contributed by atoms with van der Waals surface area (Å²) >= 11 is 0. The van der Waals surface area contributed by atoms with Crippen LogP contribution in [0.4, 0.5) is 0 Å². The first-order chi connectivity index (χ1) is 5.70. The van der Waals surface area contributed by atoms with Crippen molar-refractivity contribution in [3.8, 4) is 0 Å². The van der Waals surface area contributed by atoms with E-state index in [9.17, 15) is 4.79 Å². The van der Waals surface area contributed by atoms with Crippen molar-refractivity contribution < 1.29 is 4.79 Å². The molecule has 0 saturated carbocycles. The van der Waals surface area contributed by atoms with E-state index in [2.05, 4.69) is 23.7 Å². The van der Waals surface area contributed by atoms with E-state index in [-0.39, 0.29) is 5.91 Å². The maximum atomic E-state index is 11.2. The molecule has 1 amide bonds. The summed E-state index contributed by atoms with van der Waals surface area (Å²) in [6.07, 6.45) is 1.98. The first-order valence-corrected chi connectivity index (χ1v) is 4.18. The van der Waals surface area contributed by atoms with Crippen LogP contribution in [0.2, 0.25) is 0 Å². The monoisotopic (exact) mass is 164 g/mol. The number of fused-ring (bicyclic) bond motifs is 1. The van der Waals surface area contributed by atoms with E-state index >= 15 is 0 Å². The minimum atomic E-state index is 0.0596. The van der Waals surface area contributed by atoms with Gasteiger partial charge in [0.15, 0.2) is 0 Å². The normalized spacial score (nSPS) is 15.1. The molecule has 12 heavy (non-hydrogen) atoms. The molecule has 3 nitrogen and oxygen atoms in total. The van der Waals surface area contributed by atoms with Crippen LogP contribution in [0.5, 0.6) is 0 Å². The molecule has 0 atom stereocenters. The van der Waals surface area contributed by atoms with Crippen LogP contribution in [0.3, 0.4) is 0 Å². The lowest BCUT2D eigenvalue weighted by Crippen LogP contribution is -2.13. The molecule has 1 aliphatic heterocycles. The molecule has 0 bridgehead atoms. The predicted molar refractivity (Wildman–Crippen MR) is 46.0 cm³/mol. The van der Waals surface area contributed by atoms with Gasteiger partial charge in [0.1, 0.15) is 0 Å². The number of amides is 1. The summed E-state index contributed by atoms with van der Waals surface area (Å²) in [6.45, 7) is 4.91. The number of carbonyl (C=O) groups is 1. The highest BCUT2D eigenvalue weighted by molar-refractivity contribution is 5.97. The number of hydrogen-bond acceptors (Lipinski definition) is 1. The van der Waals surface area contributed by atoms with Crippen molar-refractivity contribution in [2.75, 3.05) is 0 Å². The molecule has 0 radical (unpaired) electrons. The largest absolute Gasteiger partial charge is 0.347 e. The highest BCUT2D eigenvalue weighted by Crippen LogP contribution is 2.20. The lowest BCUT2D eigenvalue weighted by molar-refractivity contribution is 0.0965. The third-order valence-corrected chi connectivity index (χ3v) is 2.24. The third-order valence-electron chi connectivity index (χ3n) is 2.24. The predicted octanol–water partition coefficient (Wildman–Crippen LogP) is 1.31. The zero-order valence-corrected chi connectivity index (χ0v) is 7.29. The van der Waals surface area contributed by atoms with Gasteiger partial charge in [-0.3, -0.25) is 4.79 Å². The van der Waals surface area contributed by atoms with Crippen molar-refractivity contribution in [3.05, 3.63) is 23.5 Å². The van der Waals surface area contributed by atoms with Crippen LogP contribution in [0, 0.1) is 0 Å². The van der Waals surface area contributed by atoms with Gasteiger partial charge < -0.3 is 9.88 Å². The summed E-state index contributed by atoms with van der Waals surface area (Å²) in [7, 11) is 0. The molecule has 3 heteroatoms. The van der Waals surface area contributed by atoms with Crippen LogP contribution < -0.4 is 5.32 Å². The zero-order chi connectivity index (χ0) is 8.72. The fraction of sp³-hybridized carbons (Fsp3) is 0.444. The summed E-state index contributed by atoms with van der Waals surface area (Å²) in [5, 5.41) is 2.80. The van der Waals surface area contributed by atoms with Gasteiger partial charge in [-0.25, -0.2) is 0 Å². The molecule has 1 aliphatic rings. The number of hydrogen-bond donors (Lipinski definition) is 1. The summed E-state index contributed by atoms with van der Waals surface area (Å²) in [4.78, 5) is 11.2. The lowest BCUT2D eigenvalue weighted by Gasteiger charge is -2.09. The van der Waals surface area contributed by atoms with E-state index < -0.39 is 0 Å². The Morgan fingerprint density at radius 3 is 3.00 bits per heavy atom. The molecule has 0 fully saturated rings. The van der Waals surface area contributed by atoms with E-state index in [1.165, 1.54) is 0 Å². The van der Waals surface area contributed by atoms with Gasteiger partial charge in [-0.1, -0.05) is 0 Å². The van der Waals surface area contributed by atoms with E-state index in [4.69, 9.17) is 0 Å². The minimum absolute atomic E-state index is 0.0596. The van der Waals surface area contributed by atoms with Crippen LogP contribution in [0.15, 0.2) is 12.3 Å². The Labute approximate surface area is 71.4 Å². The topological polar surface area (TPSA) is 34.0 Å². The summed E-state index contributed by atoms with van der Waals surface area (Å²) in [5.41, 5.74) is 1.96. The average Bonchev–Trinajstić information content (AvgIpc) is 2.53. The van der Waals surface area contributed by atoms with Gasteiger partial charge in [0.25, 0.3) is 5.91 Å². The molecule has 1 N–H and O–H groups in total. The maximum absolute atomic E-state index is 11.2. The average molecular weight is 164 g/mol. The van der Waals surface area contributed by atoms with E-state index in [0.29, 0.717) is 12.6 Å². The van der Waals surface area contributed by atoms with Gasteiger partial charge in [0, 0.05) is 12.2 Å². The van der Waals surface area contributed by atoms with Crippen LogP contribution in [-0.4, -0.2) is 10.5 Å². The number of carbonyl (C=O) groups excluding carboxylic acids is 1. The van der Waals surface area contributed by atoms with Crippen molar-refractivity contribution in [2.45, 2.75) is 26.4 Å². The van der Waals surface area contributed by atoms with Crippen molar-refractivity contribution in [1.82, 2.24) is 9.88 Å². The SMILES string of the molecule is CC(C)n1ccc2c1CNC2=O. The molecule has 2 heterocycles. The molecule has 0 saturated heterocycles. The Kier molecular flexibility index (Phi) is 1.46. The zero-order valence-electron chi connectivity index (χ0n) is 7.29. The maximum Gasteiger partial charge on any atom is 0.253 e. The Morgan fingerprint density at radius 1 is 1.58 bits per heavy atom. The minimum Gasteiger partial charge on any atom is -0.347 e. The number of nitrogens with one attached hydrogen (secondary N) is 1. The standard InChI is InChI=1S/C9H12N2O/c1-6(2)11-4-3-7-8(11)5-10-9(7)12/h3-4,6H,5H2,1-2H3,(H,10,12). The molecular formula is C9H12N2O. The van der Waals surface area contributed by atoms with Crippen LogP contribution >= 0.6 is 0 Å². The van der Waals surface area contributed by atoms with E-state index in [0.717, 1.165) is 11.3 Å². The Bertz CT molecular complexity index is 325. The third kappa shape index (κ3) is 0.858. The Hall–Kier alpha value is -1.25. The summed E-state index contributed by atoms with van der Waals surface area (Å²) in [6, 6.07) is 2.32. The van der Waals surface area contributed by atoms with Crippen molar-refractivity contribution >= 4 is 5.91 Å². The van der Waals surface area contributed by atoms with Crippen molar-refractivity contribution in [1.29, 1.82) is 0 Å². The quantitative estimate of drug-likeness (QED) is 0.667. The van der Waals surface area contributed by atoms with Crippen molar-refractivity contribution in [3.63, 3.8) is 0 Å². The highest BCUT2D eigenvalue weighted by Gasteiger charge is 2.22. The van der Waals surface area contributed by atoms with Crippen LogP contribution in [-0.2, 0) is 6.54 Å². The molecule has 0 aromatic carbocycles. The van der Waals surface area contributed by atoms with Gasteiger partial charge in [-0.15, -0.1) is 0 Å². The number of aromatic nitrogens is 1. The molecule has 0 unspecified atom stereocenters. The molecule has 1 aromatic heterocycles. The first kappa shape index (κ1) is 7.40. The van der Waals surface area contributed by atoms with Gasteiger partial charge in [0.05, 0.1) is 17.8 Å². The Morgan fingerprint density at radius 2 is 2.33 bits per heavy atom. The van der Waals surface area contributed by atoms with Gasteiger partial charge in [-0.05, 0) is 19.9 Å². The lowest BCUT2D eigenvalue weighted by atomic mass is 10.3. The second-order valence-electron chi connectivity index (χ2n) is 3.36. The van der Waals surface area contributed by atoms with E-state index in [1.807, 2.05) is 12.3 Å². The smallest absolute Gasteiger partial charge is 0.253 e. The highest BCUT2D eigenvalue weighted by atomic mass is 16.1. The second-order valence-corrected chi connectivity index (χ2v) is 3.36. The molecular weight excluding hydrogens is 152 g/mol. The molecule has 1 aromatic rings. The van der Waals surface area contributed by atoms with Crippen molar-refractivity contribution in [2.24, 2.45) is 0 Å². The van der Waals surface area contributed by atoms with Gasteiger partial charge >= 0.3 is 0 Å². The van der Waals surface area contributed by atoms with Crippen LogP contribution in [0.1, 0.15) is 35.9 Å².